The molecule has 0 aliphatic heterocycles. The molecule has 1 atom stereocenters. The molecule has 3 N–H and O–H groups in total. The first kappa shape index (κ1) is 14.5. The van der Waals surface area contributed by atoms with Crippen LogP contribution < -0.4 is 5.32 Å². The fourth-order valence-electron chi connectivity index (χ4n) is 1.61. The quantitative estimate of drug-likeness (QED) is 0.717. The minimum atomic E-state index is -0.383. The smallest absolute Gasteiger partial charge is 0.224 e. The number of aromatic hydroxyl groups is 1. The van der Waals surface area contributed by atoms with E-state index in [2.05, 4.69) is 5.32 Å². The van der Waals surface area contributed by atoms with Crippen LogP contribution in [0.25, 0.3) is 0 Å². The molecule has 4 heteroatoms. The molecule has 0 aliphatic carbocycles. The first-order valence-corrected chi connectivity index (χ1v) is 6.21. The van der Waals surface area contributed by atoms with E-state index >= 15 is 0 Å². The Morgan fingerprint density at radius 2 is 2.11 bits per heavy atom. The monoisotopic (exact) mass is 251 g/mol. The van der Waals surface area contributed by atoms with E-state index in [9.17, 15) is 15.0 Å². The molecule has 1 aromatic carbocycles. The number of benzene rings is 1. The average molecular weight is 251 g/mol. The lowest BCUT2D eigenvalue weighted by atomic mass is 10.0. The molecule has 0 saturated carbocycles. The second-order valence-electron chi connectivity index (χ2n) is 4.80. The molecule has 0 radical (unpaired) electrons. The second kappa shape index (κ2) is 7.01. The molecular formula is C14H21NO3. The first-order chi connectivity index (χ1) is 8.49. The molecule has 0 heterocycles. The number of phenols is 1. The largest absolute Gasteiger partial charge is 0.508 e. The lowest BCUT2D eigenvalue weighted by Crippen LogP contribution is -2.29. The van der Waals surface area contributed by atoms with Crippen LogP contribution in [0, 0.1) is 5.92 Å². The Morgan fingerprint density at radius 3 is 2.72 bits per heavy atom. The van der Waals surface area contributed by atoms with Gasteiger partial charge in [0.2, 0.25) is 5.91 Å². The molecule has 0 aromatic heterocycles. The molecule has 0 bridgehead atoms. The third kappa shape index (κ3) is 5.19. The minimum absolute atomic E-state index is 0.100. The normalized spacial score (nSPS) is 12.4. The second-order valence-corrected chi connectivity index (χ2v) is 4.80. The van der Waals surface area contributed by atoms with Crippen LogP contribution in [0.2, 0.25) is 0 Å². The van der Waals surface area contributed by atoms with Crippen molar-refractivity contribution in [2.45, 2.75) is 32.8 Å². The summed E-state index contributed by atoms with van der Waals surface area (Å²) in [6.07, 6.45) is 0.418. The van der Waals surface area contributed by atoms with Gasteiger partial charge in [-0.2, -0.15) is 0 Å². The van der Waals surface area contributed by atoms with E-state index in [4.69, 9.17) is 0 Å². The molecule has 0 saturated heterocycles. The van der Waals surface area contributed by atoms with Gasteiger partial charge in [-0.3, -0.25) is 4.79 Å². The van der Waals surface area contributed by atoms with Crippen molar-refractivity contribution in [3.05, 3.63) is 29.8 Å². The van der Waals surface area contributed by atoms with Crippen molar-refractivity contribution in [1.29, 1.82) is 0 Å². The van der Waals surface area contributed by atoms with Crippen LogP contribution in [0.1, 0.15) is 25.8 Å². The van der Waals surface area contributed by atoms with Gasteiger partial charge in [-0.05, 0) is 30.0 Å². The van der Waals surface area contributed by atoms with E-state index in [1.165, 1.54) is 0 Å². The summed E-state index contributed by atoms with van der Waals surface area (Å²) in [7, 11) is 0. The summed E-state index contributed by atoms with van der Waals surface area (Å²) >= 11 is 0. The van der Waals surface area contributed by atoms with Crippen molar-refractivity contribution in [2.75, 3.05) is 6.54 Å². The summed E-state index contributed by atoms with van der Waals surface area (Å²) in [4.78, 5) is 11.6. The lowest BCUT2D eigenvalue weighted by Gasteiger charge is -2.14. The fraction of sp³-hybridized carbons (Fsp3) is 0.500. The fourth-order valence-corrected chi connectivity index (χ4v) is 1.61. The van der Waals surface area contributed by atoms with Gasteiger partial charge in [-0.15, -0.1) is 0 Å². The van der Waals surface area contributed by atoms with Gasteiger partial charge in [0.05, 0.1) is 12.5 Å². The number of carbonyl (C=O) groups is 1. The standard InChI is InChI=1S/C14H21NO3/c1-10(2)13(17)6-7-15-14(18)9-11-4-3-5-12(16)8-11/h3-5,8,10,13,16-17H,6-7,9H2,1-2H3,(H,15,18)/t13-/m1/s1. The summed E-state index contributed by atoms with van der Waals surface area (Å²) in [5.74, 6) is 0.264. The molecule has 0 unspecified atom stereocenters. The summed E-state index contributed by atoms with van der Waals surface area (Å²) in [5.41, 5.74) is 0.775. The molecule has 1 amide bonds. The third-order valence-electron chi connectivity index (χ3n) is 2.81. The number of amides is 1. The van der Waals surface area contributed by atoms with Crippen LogP contribution in [0.3, 0.4) is 0 Å². The topological polar surface area (TPSA) is 69.6 Å². The first-order valence-electron chi connectivity index (χ1n) is 6.21. The van der Waals surface area contributed by atoms with Crippen molar-refractivity contribution in [3.8, 4) is 5.75 Å². The number of hydrogen-bond donors (Lipinski definition) is 3. The van der Waals surface area contributed by atoms with Gasteiger partial charge in [0.1, 0.15) is 5.75 Å². The maximum atomic E-state index is 11.6. The van der Waals surface area contributed by atoms with Gasteiger partial charge < -0.3 is 15.5 Å². The number of hydrogen-bond acceptors (Lipinski definition) is 3. The minimum Gasteiger partial charge on any atom is -0.508 e. The van der Waals surface area contributed by atoms with Gasteiger partial charge in [0, 0.05) is 6.54 Å². The zero-order chi connectivity index (χ0) is 13.5. The Balaban J connectivity index is 2.30. The SMILES string of the molecule is CC(C)[C@H](O)CCNC(=O)Cc1cccc(O)c1. The van der Waals surface area contributed by atoms with Crippen LogP contribution in [-0.2, 0) is 11.2 Å². The van der Waals surface area contributed by atoms with Crippen LogP contribution in [0.15, 0.2) is 24.3 Å². The predicted octanol–water partition coefficient (Wildman–Crippen LogP) is 1.46. The molecule has 1 rings (SSSR count). The zero-order valence-corrected chi connectivity index (χ0v) is 10.9. The summed E-state index contributed by atoms with van der Waals surface area (Å²) in [6.45, 7) is 4.36. The highest BCUT2D eigenvalue weighted by Gasteiger charge is 2.09. The average Bonchev–Trinajstić information content (AvgIpc) is 2.28. The van der Waals surface area contributed by atoms with Crippen LogP contribution in [-0.4, -0.2) is 28.8 Å². The summed E-state index contributed by atoms with van der Waals surface area (Å²) in [5, 5.41) is 21.6. The highest BCUT2D eigenvalue weighted by Crippen LogP contribution is 2.11. The lowest BCUT2D eigenvalue weighted by molar-refractivity contribution is -0.120. The zero-order valence-electron chi connectivity index (χ0n) is 10.9. The Hall–Kier alpha value is -1.55. The summed E-state index contributed by atoms with van der Waals surface area (Å²) < 4.78 is 0. The number of nitrogens with one attached hydrogen (secondary N) is 1. The van der Waals surface area contributed by atoms with Gasteiger partial charge in [0.25, 0.3) is 0 Å². The van der Waals surface area contributed by atoms with Crippen LogP contribution in [0.5, 0.6) is 5.75 Å². The van der Waals surface area contributed by atoms with Gasteiger partial charge in [-0.1, -0.05) is 26.0 Å². The van der Waals surface area contributed by atoms with E-state index < -0.39 is 0 Å². The molecule has 0 spiro atoms. The van der Waals surface area contributed by atoms with Gasteiger partial charge in [-0.25, -0.2) is 0 Å². The van der Waals surface area contributed by atoms with E-state index in [0.29, 0.717) is 13.0 Å². The third-order valence-corrected chi connectivity index (χ3v) is 2.81. The van der Waals surface area contributed by atoms with E-state index in [0.717, 1.165) is 5.56 Å². The van der Waals surface area contributed by atoms with Crippen LogP contribution in [0.4, 0.5) is 0 Å². The highest BCUT2D eigenvalue weighted by molar-refractivity contribution is 5.78. The number of aliphatic hydroxyl groups excluding tert-OH is 1. The van der Waals surface area contributed by atoms with Crippen molar-refractivity contribution >= 4 is 5.91 Å². The number of carbonyl (C=O) groups excluding carboxylic acids is 1. The summed E-state index contributed by atoms with van der Waals surface area (Å²) in [6, 6.07) is 6.64. The van der Waals surface area contributed by atoms with Crippen molar-refractivity contribution in [3.63, 3.8) is 0 Å². The molecule has 0 aliphatic rings. The predicted molar refractivity (Wildman–Crippen MR) is 70.3 cm³/mol. The number of rotatable bonds is 6. The Bertz CT molecular complexity index is 390. The number of phenolic OH excluding ortho intramolecular Hbond substituents is 1. The maximum Gasteiger partial charge on any atom is 0.224 e. The Kier molecular flexibility index (Phi) is 5.65. The molecule has 0 fully saturated rings. The van der Waals surface area contributed by atoms with Gasteiger partial charge in [0.15, 0.2) is 0 Å². The van der Waals surface area contributed by atoms with Crippen molar-refractivity contribution < 1.29 is 15.0 Å². The molecular weight excluding hydrogens is 230 g/mol. The van der Waals surface area contributed by atoms with E-state index in [-0.39, 0.29) is 30.1 Å². The van der Waals surface area contributed by atoms with Crippen molar-refractivity contribution in [2.24, 2.45) is 5.92 Å². The Labute approximate surface area is 108 Å². The molecule has 100 valence electrons. The van der Waals surface area contributed by atoms with Gasteiger partial charge >= 0.3 is 0 Å². The number of aliphatic hydroxyl groups is 1. The molecule has 4 nitrogen and oxygen atoms in total. The highest BCUT2D eigenvalue weighted by atomic mass is 16.3. The van der Waals surface area contributed by atoms with E-state index in [1.54, 1.807) is 24.3 Å². The maximum absolute atomic E-state index is 11.6. The molecule has 1 aromatic rings. The van der Waals surface area contributed by atoms with Crippen molar-refractivity contribution in [1.82, 2.24) is 5.32 Å². The van der Waals surface area contributed by atoms with E-state index in [1.807, 2.05) is 13.8 Å². The molecule has 18 heavy (non-hydrogen) atoms. The van der Waals surface area contributed by atoms with Crippen LogP contribution >= 0.6 is 0 Å². The Morgan fingerprint density at radius 1 is 1.39 bits per heavy atom.